The number of nitrogens with one attached hydrogen (secondary N) is 1. The first-order valence-corrected chi connectivity index (χ1v) is 8.45. The normalized spacial score (nSPS) is 21.0. The van der Waals surface area contributed by atoms with Crippen LogP contribution in [0.4, 0.5) is 0 Å². The SMILES string of the molecule is CN=C(NCc1cn2ccsc2n1)N1CC(C)C(C(=O)OC)C1.I. The molecule has 0 aliphatic carbocycles. The molecule has 132 valence electrons. The minimum atomic E-state index is -0.148. The predicted molar refractivity (Wildman–Crippen MR) is 105 cm³/mol. The summed E-state index contributed by atoms with van der Waals surface area (Å²) in [5.74, 6) is 0.792. The lowest BCUT2D eigenvalue weighted by Gasteiger charge is -2.21. The van der Waals surface area contributed by atoms with Crippen molar-refractivity contribution in [3.05, 3.63) is 23.5 Å². The van der Waals surface area contributed by atoms with Crippen LogP contribution in [0.1, 0.15) is 12.6 Å². The summed E-state index contributed by atoms with van der Waals surface area (Å²) in [7, 11) is 3.19. The zero-order valence-electron chi connectivity index (χ0n) is 13.9. The summed E-state index contributed by atoms with van der Waals surface area (Å²) in [6.07, 6.45) is 4.00. The van der Waals surface area contributed by atoms with Gasteiger partial charge in [0.15, 0.2) is 10.9 Å². The molecule has 0 bridgehead atoms. The number of imidazole rings is 1. The Labute approximate surface area is 162 Å². The Morgan fingerprint density at radius 1 is 1.54 bits per heavy atom. The van der Waals surface area contributed by atoms with E-state index in [1.54, 1.807) is 18.4 Å². The second kappa shape index (κ2) is 8.15. The third-order valence-corrected chi connectivity index (χ3v) is 4.97. The topological polar surface area (TPSA) is 71.2 Å². The lowest BCUT2D eigenvalue weighted by Crippen LogP contribution is -2.40. The van der Waals surface area contributed by atoms with E-state index >= 15 is 0 Å². The average molecular weight is 463 g/mol. The molecule has 1 aliphatic rings. The van der Waals surface area contributed by atoms with Crippen LogP contribution in [-0.2, 0) is 16.1 Å². The van der Waals surface area contributed by atoms with Gasteiger partial charge in [0.05, 0.1) is 25.3 Å². The van der Waals surface area contributed by atoms with Crippen LogP contribution in [0.5, 0.6) is 0 Å². The van der Waals surface area contributed by atoms with Gasteiger partial charge in [-0.15, -0.1) is 35.3 Å². The summed E-state index contributed by atoms with van der Waals surface area (Å²) < 4.78 is 6.89. The van der Waals surface area contributed by atoms with E-state index in [1.165, 1.54) is 7.11 Å². The van der Waals surface area contributed by atoms with E-state index in [-0.39, 0.29) is 41.8 Å². The molecule has 0 amide bonds. The standard InChI is InChI=1S/C15H21N5O2S.HI/c1-10-7-20(9-12(10)13(21)22-3)14(16-2)17-6-11-8-19-4-5-23-15(19)18-11;/h4-5,8,10,12H,6-7,9H2,1-3H3,(H,16,17);1H. The second-order valence-corrected chi connectivity index (χ2v) is 6.61. The van der Waals surface area contributed by atoms with E-state index in [1.807, 2.05) is 22.2 Å². The van der Waals surface area contributed by atoms with Crippen molar-refractivity contribution in [2.45, 2.75) is 13.5 Å². The number of guanidine groups is 1. The molecule has 1 aliphatic heterocycles. The third kappa shape index (κ3) is 3.82. The van der Waals surface area contributed by atoms with Gasteiger partial charge in [-0.05, 0) is 5.92 Å². The number of likely N-dealkylation sites (tertiary alicyclic amines) is 1. The van der Waals surface area contributed by atoms with Crippen molar-refractivity contribution in [2.75, 3.05) is 27.2 Å². The number of rotatable bonds is 3. The van der Waals surface area contributed by atoms with E-state index in [9.17, 15) is 4.79 Å². The quantitative estimate of drug-likeness (QED) is 0.326. The fourth-order valence-electron chi connectivity index (χ4n) is 2.96. The van der Waals surface area contributed by atoms with E-state index in [0.29, 0.717) is 13.1 Å². The number of carbonyl (C=O) groups is 1. The minimum absolute atomic E-state index is 0. The van der Waals surface area contributed by atoms with Gasteiger partial charge in [-0.25, -0.2) is 4.98 Å². The van der Waals surface area contributed by atoms with Gasteiger partial charge in [-0.2, -0.15) is 0 Å². The van der Waals surface area contributed by atoms with Gasteiger partial charge in [0, 0.05) is 37.9 Å². The van der Waals surface area contributed by atoms with Crippen molar-refractivity contribution in [1.82, 2.24) is 19.6 Å². The molecular formula is C15H22IN5O2S. The van der Waals surface area contributed by atoms with Gasteiger partial charge in [-0.1, -0.05) is 6.92 Å². The van der Waals surface area contributed by atoms with Crippen LogP contribution < -0.4 is 5.32 Å². The molecule has 0 spiro atoms. The summed E-state index contributed by atoms with van der Waals surface area (Å²) in [6.45, 7) is 4.09. The number of nitrogens with zero attached hydrogens (tertiary/aromatic N) is 4. The number of hydrogen-bond donors (Lipinski definition) is 1. The zero-order valence-corrected chi connectivity index (χ0v) is 17.1. The second-order valence-electron chi connectivity index (χ2n) is 5.74. The molecule has 2 aromatic heterocycles. The number of fused-ring (bicyclic) bond motifs is 1. The Kier molecular flexibility index (Phi) is 6.44. The molecule has 3 heterocycles. The smallest absolute Gasteiger partial charge is 0.310 e. The molecular weight excluding hydrogens is 441 g/mol. The van der Waals surface area contributed by atoms with Crippen LogP contribution in [0.3, 0.4) is 0 Å². The Morgan fingerprint density at radius 3 is 3.00 bits per heavy atom. The Hall–Kier alpha value is -1.36. The van der Waals surface area contributed by atoms with E-state index in [0.717, 1.165) is 23.2 Å². The molecule has 7 nitrogen and oxygen atoms in total. The van der Waals surface area contributed by atoms with Crippen molar-refractivity contribution in [1.29, 1.82) is 0 Å². The molecule has 2 unspecified atom stereocenters. The zero-order chi connectivity index (χ0) is 16.4. The molecule has 24 heavy (non-hydrogen) atoms. The molecule has 3 rings (SSSR count). The lowest BCUT2D eigenvalue weighted by molar-refractivity contribution is -0.145. The van der Waals surface area contributed by atoms with Gasteiger partial charge < -0.3 is 15.0 Å². The first-order valence-electron chi connectivity index (χ1n) is 7.57. The molecule has 9 heteroatoms. The van der Waals surface area contributed by atoms with E-state index in [2.05, 4.69) is 27.1 Å². The van der Waals surface area contributed by atoms with Crippen molar-refractivity contribution in [3.8, 4) is 0 Å². The number of aliphatic imine (C=N–C) groups is 1. The van der Waals surface area contributed by atoms with Crippen molar-refractivity contribution in [2.24, 2.45) is 16.8 Å². The first-order chi connectivity index (χ1) is 11.1. The number of esters is 1. The highest BCUT2D eigenvalue weighted by molar-refractivity contribution is 14.0. The van der Waals surface area contributed by atoms with Crippen LogP contribution in [-0.4, -0.2) is 53.5 Å². The van der Waals surface area contributed by atoms with Crippen molar-refractivity contribution >= 4 is 52.2 Å². The Morgan fingerprint density at radius 2 is 2.33 bits per heavy atom. The molecule has 0 saturated carbocycles. The molecule has 1 saturated heterocycles. The van der Waals surface area contributed by atoms with Crippen LogP contribution in [0.15, 0.2) is 22.8 Å². The van der Waals surface area contributed by atoms with Gasteiger partial charge >= 0.3 is 5.97 Å². The monoisotopic (exact) mass is 463 g/mol. The van der Waals surface area contributed by atoms with Crippen LogP contribution in [0, 0.1) is 11.8 Å². The summed E-state index contributed by atoms with van der Waals surface area (Å²) in [5, 5.41) is 5.34. The summed E-state index contributed by atoms with van der Waals surface area (Å²) >= 11 is 1.61. The van der Waals surface area contributed by atoms with Gasteiger partial charge in [0.2, 0.25) is 0 Å². The number of methoxy groups -OCH3 is 1. The third-order valence-electron chi connectivity index (χ3n) is 4.20. The minimum Gasteiger partial charge on any atom is -0.469 e. The van der Waals surface area contributed by atoms with Gasteiger partial charge in [0.1, 0.15) is 0 Å². The van der Waals surface area contributed by atoms with Crippen LogP contribution in [0.25, 0.3) is 4.96 Å². The maximum atomic E-state index is 11.8. The lowest BCUT2D eigenvalue weighted by atomic mass is 9.99. The fourth-order valence-corrected chi connectivity index (χ4v) is 3.68. The van der Waals surface area contributed by atoms with Crippen molar-refractivity contribution in [3.63, 3.8) is 0 Å². The first kappa shape index (κ1) is 19.0. The predicted octanol–water partition coefficient (Wildman–Crippen LogP) is 1.83. The molecule has 1 fully saturated rings. The largest absolute Gasteiger partial charge is 0.469 e. The summed E-state index contributed by atoms with van der Waals surface area (Å²) in [5.41, 5.74) is 0.967. The molecule has 1 N–H and O–H groups in total. The maximum absolute atomic E-state index is 11.8. The Bertz CT molecular complexity index is 700. The highest BCUT2D eigenvalue weighted by atomic mass is 127. The average Bonchev–Trinajstić information content (AvgIpc) is 3.22. The molecule has 2 aromatic rings. The number of ether oxygens (including phenoxy) is 1. The Balaban J connectivity index is 0.00000208. The molecule has 0 aromatic carbocycles. The number of aromatic nitrogens is 2. The fraction of sp³-hybridized carbons (Fsp3) is 0.533. The molecule has 2 atom stereocenters. The molecule has 0 radical (unpaired) electrons. The highest BCUT2D eigenvalue weighted by Crippen LogP contribution is 2.24. The summed E-state index contributed by atoms with van der Waals surface area (Å²) in [4.78, 5) is 23.8. The van der Waals surface area contributed by atoms with Crippen molar-refractivity contribution < 1.29 is 9.53 Å². The number of halogens is 1. The number of hydrogen-bond acceptors (Lipinski definition) is 5. The maximum Gasteiger partial charge on any atom is 0.310 e. The van der Waals surface area contributed by atoms with Gasteiger partial charge in [-0.3, -0.25) is 14.2 Å². The highest BCUT2D eigenvalue weighted by Gasteiger charge is 2.36. The van der Waals surface area contributed by atoms with Crippen LogP contribution in [0.2, 0.25) is 0 Å². The van der Waals surface area contributed by atoms with E-state index < -0.39 is 0 Å². The summed E-state index contributed by atoms with van der Waals surface area (Å²) in [6, 6.07) is 0. The number of thiazole rings is 1. The number of carbonyl (C=O) groups excluding carboxylic acids is 1. The van der Waals surface area contributed by atoms with E-state index in [4.69, 9.17) is 4.74 Å². The van der Waals surface area contributed by atoms with Gasteiger partial charge in [0.25, 0.3) is 0 Å². The van der Waals surface area contributed by atoms with Crippen LogP contribution >= 0.6 is 35.3 Å².